The standard InChI is InChI=1S/C17H18N2O2/c1-10-15(11(2)18-16(10)12(3)20)17(21)19-9-8-13-6-4-5-7-14(13)19/h4-7,18H,8-9H2,1-3H3. The van der Waals surface area contributed by atoms with Crippen molar-refractivity contribution in [2.45, 2.75) is 27.2 Å². The fraction of sp³-hybridized carbons (Fsp3) is 0.294. The third-order valence-electron chi connectivity index (χ3n) is 4.14. The molecule has 1 N–H and O–H groups in total. The number of hydrogen-bond donors (Lipinski definition) is 1. The Morgan fingerprint density at radius 1 is 1.19 bits per heavy atom. The molecule has 1 aliphatic heterocycles. The predicted molar refractivity (Wildman–Crippen MR) is 82.1 cm³/mol. The minimum absolute atomic E-state index is 0.0290. The maximum atomic E-state index is 12.9. The Kier molecular flexibility index (Phi) is 3.16. The number of carbonyl (C=O) groups excluding carboxylic acids is 2. The second kappa shape index (κ2) is 4.88. The Labute approximate surface area is 123 Å². The summed E-state index contributed by atoms with van der Waals surface area (Å²) in [6, 6.07) is 7.97. The summed E-state index contributed by atoms with van der Waals surface area (Å²) < 4.78 is 0. The van der Waals surface area contributed by atoms with Crippen molar-refractivity contribution in [2.24, 2.45) is 0 Å². The molecule has 1 aromatic heterocycles. The minimum atomic E-state index is -0.0449. The number of para-hydroxylation sites is 1. The number of H-pyrrole nitrogens is 1. The first kappa shape index (κ1) is 13.6. The summed E-state index contributed by atoms with van der Waals surface area (Å²) in [4.78, 5) is 29.4. The highest BCUT2D eigenvalue weighted by molar-refractivity contribution is 6.10. The van der Waals surface area contributed by atoms with Gasteiger partial charge < -0.3 is 9.88 Å². The summed E-state index contributed by atoms with van der Waals surface area (Å²) in [6.07, 6.45) is 0.879. The normalized spacial score (nSPS) is 13.4. The smallest absolute Gasteiger partial charge is 0.260 e. The number of nitrogens with zero attached hydrogens (tertiary/aromatic N) is 1. The third kappa shape index (κ3) is 2.07. The van der Waals surface area contributed by atoms with Gasteiger partial charge in [-0.1, -0.05) is 18.2 Å². The molecule has 0 atom stereocenters. The maximum absolute atomic E-state index is 12.9. The molecule has 4 heteroatoms. The largest absolute Gasteiger partial charge is 0.355 e. The van der Waals surface area contributed by atoms with E-state index in [0.29, 0.717) is 17.8 Å². The summed E-state index contributed by atoms with van der Waals surface area (Å²) in [5.41, 5.74) is 4.83. The lowest BCUT2D eigenvalue weighted by atomic mass is 10.1. The van der Waals surface area contributed by atoms with Gasteiger partial charge >= 0.3 is 0 Å². The van der Waals surface area contributed by atoms with Crippen LogP contribution in [-0.2, 0) is 6.42 Å². The number of aromatic nitrogens is 1. The van der Waals surface area contributed by atoms with E-state index in [1.54, 1.807) is 0 Å². The number of fused-ring (bicyclic) bond motifs is 1. The molecule has 4 nitrogen and oxygen atoms in total. The molecule has 108 valence electrons. The van der Waals surface area contributed by atoms with E-state index < -0.39 is 0 Å². The number of Topliss-reactive ketones (excluding diaryl/α,β-unsaturated/α-hetero) is 1. The van der Waals surface area contributed by atoms with Gasteiger partial charge in [-0.2, -0.15) is 0 Å². The second-order valence-electron chi connectivity index (χ2n) is 5.52. The van der Waals surface area contributed by atoms with Crippen molar-refractivity contribution in [1.82, 2.24) is 4.98 Å². The fourth-order valence-electron chi connectivity index (χ4n) is 3.11. The monoisotopic (exact) mass is 282 g/mol. The number of benzene rings is 1. The Morgan fingerprint density at radius 2 is 1.90 bits per heavy atom. The molecule has 0 aliphatic carbocycles. The van der Waals surface area contributed by atoms with E-state index in [2.05, 4.69) is 11.1 Å². The molecular weight excluding hydrogens is 264 g/mol. The van der Waals surface area contributed by atoms with Crippen molar-refractivity contribution in [3.63, 3.8) is 0 Å². The average molecular weight is 282 g/mol. The Balaban J connectivity index is 2.03. The van der Waals surface area contributed by atoms with Crippen molar-refractivity contribution in [3.8, 4) is 0 Å². The zero-order chi connectivity index (χ0) is 15.1. The number of carbonyl (C=O) groups is 2. The lowest BCUT2D eigenvalue weighted by Gasteiger charge is -2.17. The van der Waals surface area contributed by atoms with Crippen molar-refractivity contribution in [3.05, 3.63) is 52.3 Å². The first-order chi connectivity index (χ1) is 10.0. The summed E-state index contributed by atoms with van der Waals surface area (Å²) in [7, 11) is 0. The van der Waals surface area contributed by atoms with Crippen LogP contribution in [0.15, 0.2) is 24.3 Å². The van der Waals surface area contributed by atoms with Crippen molar-refractivity contribution < 1.29 is 9.59 Å². The molecule has 0 spiro atoms. The number of anilines is 1. The highest BCUT2D eigenvalue weighted by Gasteiger charge is 2.29. The lowest BCUT2D eigenvalue weighted by molar-refractivity contribution is 0.0987. The van der Waals surface area contributed by atoms with E-state index in [1.165, 1.54) is 12.5 Å². The van der Waals surface area contributed by atoms with Gasteiger partial charge in [-0.15, -0.1) is 0 Å². The molecule has 1 aromatic carbocycles. The molecule has 0 saturated carbocycles. The first-order valence-electron chi connectivity index (χ1n) is 7.10. The van der Waals surface area contributed by atoms with Crippen LogP contribution in [0.2, 0.25) is 0 Å². The van der Waals surface area contributed by atoms with Crippen LogP contribution >= 0.6 is 0 Å². The number of ketones is 1. The van der Waals surface area contributed by atoms with Gasteiger partial charge in [0.25, 0.3) is 5.91 Å². The van der Waals surface area contributed by atoms with Gasteiger partial charge in [-0.05, 0) is 37.5 Å². The lowest BCUT2D eigenvalue weighted by Crippen LogP contribution is -2.29. The van der Waals surface area contributed by atoms with Crippen molar-refractivity contribution in [1.29, 1.82) is 0 Å². The number of nitrogens with one attached hydrogen (secondary N) is 1. The van der Waals surface area contributed by atoms with Gasteiger partial charge in [-0.3, -0.25) is 9.59 Å². The topological polar surface area (TPSA) is 53.2 Å². The maximum Gasteiger partial charge on any atom is 0.260 e. The number of hydrogen-bond acceptors (Lipinski definition) is 2. The SMILES string of the molecule is CC(=O)c1[nH]c(C)c(C(=O)N2CCc3ccccc32)c1C. The van der Waals surface area contributed by atoms with Gasteiger partial charge in [0.15, 0.2) is 5.78 Å². The number of rotatable bonds is 2. The molecule has 0 unspecified atom stereocenters. The van der Waals surface area contributed by atoms with Gasteiger partial charge in [0.1, 0.15) is 0 Å². The molecular formula is C17H18N2O2. The van der Waals surface area contributed by atoms with Crippen molar-refractivity contribution in [2.75, 3.05) is 11.4 Å². The summed E-state index contributed by atoms with van der Waals surface area (Å²) in [5, 5.41) is 0. The minimum Gasteiger partial charge on any atom is -0.355 e. The molecule has 21 heavy (non-hydrogen) atoms. The Bertz CT molecular complexity index is 743. The van der Waals surface area contributed by atoms with Gasteiger partial charge in [0.2, 0.25) is 0 Å². The molecule has 0 radical (unpaired) electrons. The van der Waals surface area contributed by atoms with Crippen LogP contribution in [0.25, 0.3) is 0 Å². The zero-order valence-electron chi connectivity index (χ0n) is 12.5. The fourth-order valence-corrected chi connectivity index (χ4v) is 3.11. The van der Waals surface area contributed by atoms with Crippen LogP contribution in [0.1, 0.15) is 44.6 Å². The van der Waals surface area contributed by atoms with E-state index in [-0.39, 0.29) is 11.7 Å². The molecule has 3 rings (SSSR count). The Morgan fingerprint density at radius 3 is 2.57 bits per heavy atom. The second-order valence-corrected chi connectivity index (χ2v) is 5.52. The molecule has 1 aliphatic rings. The quantitative estimate of drug-likeness (QED) is 0.861. The van der Waals surface area contributed by atoms with Crippen LogP contribution in [0.3, 0.4) is 0 Å². The third-order valence-corrected chi connectivity index (χ3v) is 4.14. The number of aromatic amines is 1. The zero-order valence-corrected chi connectivity index (χ0v) is 12.5. The van der Waals surface area contributed by atoms with Gasteiger partial charge in [0, 0.05) is 24.8 Å². The van der Waals surface area contributed by atoms with Crippen LogP contribution < -0.4 is 4.90 Å². The van der Waals surface area contributed by atoms with Crippen LogP contribution in [0.4, 0.5) is 5.69 Å². The summed E-state index contributed by atoms with van der Waals surface area (Å²) in [5.74, 6) is -0.0739. The molecule has 0 bridgehead atoms. The Hall–Kier alpha value is -2.36. The molecule has 0 saturated heterocycles. The molecule has 1 amide bonds. The van der Waals surface area contributed by atoms with E-state index in [0.717, 1.165) is 23.4 Å². The predicted octanol–water partition coefficient (Wildman–Crippen LogP) is 3.04. The van der Waals surface area contributed by atoms with Gasteiger partial charge in [0.05, 0.1) is 11.3 Å². The van der Waals surface area contributed by atoms with E-state index in [1.807, 2.05) is 36.9 Å². The van der Waals surface area contributed by atoms with Crippen molar-refractivity contribution >= 4 is 17.4 Å². The highest BCUT2D eigenvalue weighted by atomic mass is 16.2. The number of aryl methyl sites for hydroxylation is 1. The summed E-state index contributed by atoms with van der Waals surface area (Å²) >= 11 is 0. The highest BCUT2D eigenvalue weighted by Crippen LogP contribution is 2.30. The molecule has 0 fully saturated rings. The molecule has 2 aromatic rings. The average Bonchev–Trinajstić information content (AvgIpc) is 3.00. The summed E-state index contributed by atoms with van der Waals surface area (Å²) in [6.45, 7) is 5.87. The molecule has 2 heterocycles. The first-order valence-corrected chi connectivity index (χ1v) is 7.10. The van der Waals surface area contributed by atoms with E-state index >= 15 is 0 Å². The van der Waals surface area contributed by atoms with E-state index in [9.17, 15) is 9.59 Å². The number of amides is 1. The van der Waals surface area contributed by atoms with Gasteiger partial charge in [-0.25, -0.2) is 0 Å². The van der Waals surface area contributed by atoms with Crippen LogP contribution in [-0.4, -0.2) is 23.2 Å². The van der Waals surface area contributed by atoms with Crippen LogP contribution in [0.5, 0.6) is 0 Å². The van der Waals surface area contributed by atoms with Crippen LogP contribution in [0, 0.1) is 13.8 Å². The van der Waals surface area contributed by atoms with E-state index in [4.69, 9.17) is 0 Å².